The maximum absolute atomic E-state index is 14.6. The van der Waals surface area contributed by atoms with E-state index in [0.717, 1.165) is 48.5 Å². The van der Waals surface area contributed by atoms with Crippen molar-refractivity contribution in [1.82, 2.24) is 0 Å². The third kappa shape index (κ3) is 5.77. The van der Waals surface area contributed by atoms with Crippen LogP contribution >= 0.6 is 11.6 Å². The standard InChI is InChI=1S/C26H23ClF4O/c1-2-3-23(18-6-4-17(16-32)5-7-18)24(19-8-11-22(27)12-9-19)15-20-14-21(26(29,30)31)10-13-25(20)28/h4-14,16,23-24H,2-3,15H2,1H3. The Morgan fingerprint density at radius 3 is 2.06 bits per heavy atom. The molecule has 0 fully saturated rings. The number of aldehydes is 1. The van der Waals surface area contributed by atoms with E-state index >= 15 is 0 Å². The number of hydrogen-bond donors (Lipinski definition) is 0. The van der Waals surface area contributed by atoms with Crippen LogP contribution in [-0.2, 0) is 12.6 Å². The summed E-state index contributed by atoms with van der Waals surface area (Å²) in [5.41, 5.74) is 1.50. The summed E-state index contributed by atoms with van der Waals surface area (Å²) in [7, 11) is 0. The normalized spacial score (nSPS) is 13.6. The summed E-state index contributed by atoms with van der Waals surface area (Å²) < 4.78 is 54.4. The second-order valence-electron chi connectivity index (χ2n) is 7.85. The van der Waals surface area contributed by atoms with E-state index in [-0.39, 0.29) is 23.8 Å². The van der Waals surface area contributed by atoms with E-state index < -0.39 is 17.6 Å². The lowest BCUT2D eigenvalue weighted by atomic mass is 9.75. The average molecular weight is 463 g/mol. The summed E-state index contributed by atoms with van der Waals surface area (Å²) in [6.45, 7) is 2.02. The lowest BCUT2D eigenvalue weighted by molar-refractivity contribution is -0.137. The molecule has 168 valence electrons. The second kappa shape index (κ2) is 10.3. The van der Waals surface area contributed by atoms with E-state index in [0.29, 0.717) is 10.6 Å². The van der Waals surface area contributed by atoms with E-state index in [1.165, 1.54) is 0 Å². The summed E-state index contributed by atoms with van der Waals surface area (Å²) in [5.74, 6) is -1.04. The molecule has 3 aromatic carbocycles. The number of halogens is 5. The summed E-state index contributed by atoms with van der Waals surface area (Å²) in [6, 6.07) is 16.8. The Kier molecular flexibility index (Phi) is 7.73. The van der Waals surface area contributed by atoms with Gasteiger partial charge >= 0.3 is 6.18 Å². The summed E-state index contributed by atoms with van der Waals surface area (Å²) in [4.78, 5) is 11.0. The monoisotopic (exact) mass is 462 g/mol. The fourth-order valence-corrected chi connectivity index (χ4v) is 4.21. The molecule has 32 heavy (non-hydrogen) atoms. The third-order valence-electron chi connectivity index (χ3n) is 5.70. The fourth-order valence-electron chi connectivity index (χ4n) is 4.08. The van der Waals surface area contributed by atoms with Crippen molar-refractivity contribution in [1.29, 1.82) is 0 Å². The molecule has 0 aliphatic carbocycles. The first-order valence-corrected chi connectivity index (χ1v) is 10.8. The van der Waals surface area contributed by atoms with Gasteiger partial charge in [0.2, 0.25) is 0 Å². The lowest BCUT2D eigenvalue weighted by Gasteiger charge is -2.29. The first-order valence-electron chi connectivity index (χ1n) is 10.4. The molecule has 0 amide bonds. The van der Waals surface area contributed by atoms with Crippen molar-refractivity contribution in [2.75, 3.05) is 0 Å². The van der Waals surface area contributed by atoms with Crippen LogP contribution in [0.25, 0.3) is 0 Å². The van der Waals surface area contributed by atoms with Crippen LogP contribution in [0.5, 0.6) is 0 Å². The average Bonchev–Trinajstić information content (AvgIpc) is 2.77. The zero-order chi connectivity index (χ0) is 23.3. The van der Waals surface area contributed by atoms with Crippen molar-refractivity contribution in [2.45, 2.75) is 44.2 Å². The highest BCUT2D eigenvalue weighted by Crippen LogP contribution is 2.40. The van der Waals surface area contributed by atoms with Crippen molar-refractivity contribution >= 4 is 17.9 Å². The minimum atomic E-state index is -4.55. The number of alkyl halides is 3. The van der Waals surface area contributed by atoms with Gasteiger partial charge in [-0.1, -0.05) is 61.3 Å². The number of carbonyl (C=O) groups excluding carboxylic acids is 1. The Balaban J connectivity index is 2.08. The highest BCUT2D eigenvalue weighted by Gasteiger charge is 2.32. The molecule has 0 bridgehead atoms. The first-order chi connectivity index (χ1) is 15.2. The van der Waals surface area contributed by atoms with Gasteiger partial charge < -0.3 is 0 Å². The fraction of sp³-hybridized carbons (Fsp3) is 0.269. The summed E-state index contributed by atoms with van der Waals surface area (Å²) in [5, 5.41) is 0.542. The quantitative estimate of drug-likeness (QED) is 0.243. The Bertz CT molecular complexity index is 1040. The topological polar surface area (TPSA) is 17.1 Å². The smallest absolute Gasteiger partial charge is 0.298 e. The number of hydrogen-bond acceptors (Lipinski definition) is 1. The molecule has 2 atom stereocenters. The van der Waals surface area contributed by atoms with Crippen LogP contribution in [-0.4, -0.2) is 6.29 Å². The lowest BCUT2D eigenvalue weighted by Crippen LogP contribution is -2.16. The molecule has 0 spiro atoms. The van der Waals surface area contributed by atoms with E-state index in [1.807, 2.05) is 31.2 Å². The molecule has 0 N–H and O–H groups in total. The zero-order valence-corrected chi connectivity index (χ0v) is 18.3. The van der Waals surface area contributed by atoms with E-state index in [2.05, 4.69) is 0 Å². The molecule has 0 radical (unpaired) electrons. The van der Waals surface area contributed by atoms with Crippen molar-refractivity contribution < 1.29 is 22.4 Å². The van der Waals surface area contributed by atoms with Crippen LogP contribution in [0, 0.1) is 5.82 Å². The second-order valence-corrected chi connectivity index (χ2v) is 8.28. The number of rotatable bonds is 8. The molecule has 0 aliphatic heterocycles. The SMILES string of the molecule is CCCC(c1ccc(C=O)cc1)C(Cc1cc(C(F)(F)F)ccc1F)c1ccc(Cl)cc1. The van der Waals surface area contributed by atoms with Crippen LogP contribution in [0.15, 0.2) is 66.7 Å². The molecule has 2 unspecified atom stereocenters. The van der Waals surface area contributed by atoms with Gasteiger partial charge in [-0.05, 0) is 71.7 Å². The van der Waals surface area contributed by atoms with Gasteiger partial charge in [-0.2, -0.15) is 13.2 Å². The third-order valence-corrected chi connectivity index (χ3v) is 5.95. The molecule has 3 rings (SSSR count). The molecule has 0 aliphatic rings. The summed E-state index contributed by atoms with van der Waals surface area (Å²) in [6.07, 6.45) is -2.12. The van der Waals surface area contributed by atoms with Gasteiger partial charge in [-0.25, -0.2) is 4.39 Å². The first kappa shape index (κ1) is 24.0. The van der Waals surface area contributed by atoms with Crippen molar-refractivity contribution in [3.05, 3.63) is 105 Å². The number of benzene rings is 3. The van der Waals surface area contributed by atoms with Gasteiger partial charge in [-0.15, -0.1) is 0 Å². The van der Waals surface area contributed by atoms with Crippen LogP contribution < -0.4 is 0 Å². The predicted molar refractivity (Wildman–Crippen MR) is 119 cm³/mol. The van der Waals surface area contributed by atoms with Gasteiger partial charge in [0, 0.05) is 10.6 Å². The van der Waals surface area contributed by atoms with Crippen LogP contribution in [0.3, 0.4) is 0 Å². The molecule has 6 heteroatoms. The van der Waals surface area contributed by atoms with Gasteiger partial charge in [0.25, 0.3) is 0 Å². The number of carbonyl (C=O) groups is 1. The molecule has 0 saturated carbocycles. The van der Waals surface area contributed by atoms with Gasteiger partial charge in [0.1, 0.15) is 12.1 Å². The van der Waals surface area contributed by atoms with Crippen molar-refractivity contribution in [2.24, 2.45) is 0 Å². The summed E-state index contributed by atoms with van der Waals surface area (Å²) >= 11 is 6.05. The minimum absolute atomic E-state index is 0.0189. The van der Waals surface area contributed by atoms with E-state index in [9.17, 15) is 22.4 Å². The van der Waals surface area contributed by atoms with Crippen LogP contribution in [0.1, 0.15) is 64.2 Å². The maximum atomic E-state index is 14.6. The Hall–Kier alpha value is -2.66. The van der Waals surface area contributed by atoms with Crippen LogP contribution in [0.2, 0.25) is 5.02 Å². The predicted octanol–water partition coefficient (Wildman–Crippen LogP) is 8.22. The van der Waals surface area contributed by atoms with Gasteiger partial charge in [0.05, 0.1) is 5.56 Å². The Morgan fingerprint density at radius 2 is 1.50 bits per heavy atom. The highest BCUT2D eigenvalue weighted by molar-refractivity contribution is 6.30. The Labute approximate surface area is 190 Å². The van der Waals surface area contributed by atoms with Gasteiger partial charge in [-0.3, -0.25) is 4.79 Å². The molecule has 0 heterocycles. The van der Waals surface area contributed by atoms with Crippen molar-refractivity contribution in [3.8, 4) is 0 Å². The van der Waals surface area contributed by atoms with Crippen LogP contribution in [0.4, 0.5) is 17.6 Å². The molecule has 0 saturated heterocycles. The maximum Gasteiger partial charge on any atom is 0.416 e. The molecule has 0 aromatic heterocycles. The Morgan fingerprint density at radius 1 is 0.906 bits per heavy atom. The minimum Gasteiger partial charge on any atom is -0.298 e. The molecule has 3 aromatic rings. The molecular formula is C26H23ClF4O. The molecule has 1 nitrogen and oxygen atoms in total. The molecular weight excluding hydrogens is 440 g/mol. The zero-order valence-electron chi connectivity index (χ0n) is 17.5. The van der Waals surface area contributed by atoms with E-state index in [4.69, 9.17) is 11.6 Å². The van der Waals surface area contributed by atoms with Crippen molar-refractivity contribution in [3.63, 3.8) is 0 Å². The highest BCUT2D eigenvalue weighted by atomic mass is 35.5. The largest absolute Gasteiger partial charge is 0.416 e. The van der Waals surface area contributed by atoms with E-state index in [1.54, 1.807) is 24.3 Å². The van der Waals surface area contributed by atoms with Gasteiger partial charge in [0.15, 0.2) is 0 Å².